The fourth-order valence-electron chi connectivity index (χ4n) is 2.37. The van der Waals surface area contributed by atoms with Gasteiger partial charge in [-0.05, 0) is 49.5 Å². The Kier molecular flexibility index (Phi) is 4.43. The van der Waals surface area contributed by atoms with Gasteiger partial charge in [0.1, 0.15) is 0 Å². The van der Waals surface area contributed by atoms with Crippen molar-refractivity contribution in [3.8, 4) is 0 Å². The second-order valence-corrected chi connectivity index (χ2v) is 5.30. The monoisotopic (exact) mass is 252 g/mol. The van der Waals surface area contributed by atoms with E-state index in [1.807, 2.05) is 6.07 Å². The molecular formula is C14H21ClN2. The molecule has 0 unspecified atom stereocenters. The highest BCUT2D eigenvalue weighted by molar-refractivity contribution is 6.31. The lowest BCUT2D eigenvalue weighted by Gasteiger charge is -2.30. The highest BCUT2D eigenvalue weighted by Crippen LogP contribution is 2.20. The predicted octanol–water partition coefficient (Wildman–Crippen LogP) is 2.83. The van der Waals surface area contributed by atoms with Crippen molar-refractivity contribution in [3.63, 3.8) is 0 Å². The van der Waals surface area contributed by atoms with E-state index in [-0.39, 0.29) is 0 Å². The van der Waals surface area contributed by atoms with Crippen LogP contribution in [-0.4, -0.2) is 24.0 Å². The largest absolute Gasteiger partial charge is 0.328 e. The molecule has 2 nitrogen and oxygen atoms in total. The molecule has 1 fully saturated rings. The van der Waals surface area contributed by atoms with Gasteiger partial charge in [0.2, 0.25) is 0 Å². The first-order chi connectivity index (χ1) is 8.19. The van der Waals surface area contributed by atoms with E-state index in [0.29, 0.717) is 6.04 Å². The van der Waals surface area contributed by atoms with Crippen LogP contribution in [-0.2, 0) is 13.0 Å². The number of nitrogens with zero attached hydrogens (tertiary/aromatic N) is 1. The first-order valence-corrected chi connectivity index (χ1v) is 6.82. The van der Waals surface area contributed by atoms with E-state index in [1.54, 1.807) is 0 Å². The molecule has 0 aromatic heterocycles. The van der Waals surface area contributed by atoms with E-state index in [4.69, 9.17) is 17.3 Å². The molecule has 1 aliphatic rings. The molecule has 2 rings (SSSR count). The van der Waals surface area contributed by atoms with E-state index >= 15 is 0 Å². The first kappa shape index (κ1) is 12.9. The third-order valence-electron chi connectivity index (χ3n) is 3.53. The van der Waals surface area contributed by atoms with Gasteiger partial charge in [-0.1, -0.05) is 30.7 Å². The fraction of sp³-hybridized carbons (Fsp3) is 0.571. The molecule has 0 aliphatic carbocycles. The molecule has 1 aromatic rings. The van der Waals surface area contributed by atoms with Crippen LogP contribution >= 0.6 is 11.6 Å². The molecule has 0 saturated carbocycles. The Bertz CT molecular complexity index is 370. The van der Waals surface area contributed by atoms with Crippen LogP contribution < -0.4 is 5.73 Å². The highest BCUT2D eigenvalue weighted by atomic mass is 35.5. The van der Waals surface area contributed by atoms with Crippen molar-refractivity contribution in [1.29, 1.82) is 0 Å². The minimum absolute atomic E-state index is 0.405. The lowest BCUT2D eigenvalue weighted by Crippen LogP contribution is -2.39. The molecule has 17 heavy (non-hydrogen) atoms. The minimum atomic E-state index is 0.405. The van der Waals surface area contributed by atoms with Crippen LogP contribution in [0.3, 0.4) is 0 Å². The third-order valence-corrected chi connectivity index (χ3v) is 3.90. The normalized spacial score (nSPS) is 18.5. The Labute approximate surface area is 109 Å². The molecule has 1 heterocycles. The maximum Gasteiger partial charge on any atom is 0.0438 e. The molecule has 1 saturated heterocycles. The van der Waals surface area contributed by atoms with Gasteiger partial charge in [0.15, 0.2) is 0 Å². The van der Waals surface area contributed by atoms with Crippen molar-refractivity contribution < 1.29 is 0 Å². The van der Waals surface area contributed by atoms with Gasteiger partial charge < -0.3 is 5.73 Å². The summed E-state index contributed by atoms with van der Waals surface area (Å²) in [5, 5.41) is 0.886. The van der Waals surface area contributed by atoms with Gasteiger partial charge in [0.05, 0.1) is 0 Å². The summed E-state index contributed by atoms with van der Waals surface area (Å²) in [6, 6.07) is 6.79. The van der Waals surface area contributed by atoms with Gasteiger partial charge in [-0.15, -0.1) is 0 Å². The van der Waals surface area contributed by atoms with E-state index in [1.165, 1.54) is 11.1 Å². The highest BCUT2D eigenvalue weighted by Gasteiger charge is 2.16. The number of likely N-dealkylation sites (tertiary alicyclic amines) is 1. The zero-order chi connectivity index (χ0) is 12.3. The third kappa shape index (κ3) is 3.44. The van der Waals surface area contributed by atoms with E-state index < -0.39 is 0 Å². The molecule has 3 heteroatoms. The minimum Gasteiger partial charge on any atom is -0.328 e. The second-order valence-electron chi connectivity index (χ2n) is 4.89. The second kappa shape index (κ2) is 5.85. The number of hydrogen-bond donors (Lipinski definition) is 1. The number of nitrogens with two attached hydrogens (primary N) is 1. The Hall–Kier alpha value is -0.570. The number of rotatable bonds is 3. The lowest BCUT2D eigenvalue weighted by molar-refractivity contribution is 0.205. The fourth-order valence-corrected chi connectivity index (χ4v) is 2.62. The van der Waals surface area contributed by atoms with Crippen LogP contribution in [0.25, 0.3) is 0 Å². The molecule has 0 bridgehead atoms. The topological polar surface area (TPSA) is 29.3 Å². The summed E-state index contributed by atoms with van der Waals surface area (Å²) in [6.07, 6.45) is 3.24. The van der Waals surface area contributed by atoms with Crippen LogP contribution in [0.15, 0.2) is 18.2 Å². The average molecular weight is 253 g/mol. The molecule has 1 aromatic carbocycles. The quantitative estimate of drug-likeness (QED) is 0.897. The van der Waals surface area contributed by atoms with E-state index in [0.717, 1.165) is 43.9 Å². The average Bonchev–Trinajstić information content (AvgIpc) is 2.34. The number of halogens is 1. The molecule has 0 radical (unpaired) electrons. The SMILES string of the molecule is CCc1cc(CN2CCC(N)CC2)ccc1Cl. The Morgan fingerprint density at radius 2 is 2.06 bits per heavy atom. The van der Waals surface area contributed by atoms with Crippen LogP contribution in [0.4, 0.5) is 0 Å². The van der Waals surface area contributed by atoms with Crippen LogP contribution in [0.1, 0.15) is 30.9 Å². The summed E-state index contributed by atoms with van der Waals surface area (Å²) >= 11 is 6.13. The Morgan fingerprint density at radius 1 is 1.35 bits per heavy atom. The Morgan fingerprint density at radius 3 is 2.71 bits per heavy atom. The predicted molar refractivity (Wildman–Crippen MR) is 73.3 cm³/mol. The smallest absolute Gasteiger partial charge is 0.0438 e. The molecule has 94 valence electrons. The van der Waals surface area contributed by atoms with E-state index in [2.05, 4.69) is 24.0 Å². The Balaban J connectivity index is 1.99. The zero-order valence-electron chi connectivity index (χ0n) is 10.5. The van der Waals surface area contributed by atoms with Crippen molar-refractivity contribution in [2.24, 2.45) is 5.73 Å². The molecule has 2 N–H and O–H groups in total. The van der Waals surface area contributed by atoms with Gasteiger partial charge in [-0.25, -0.2) is 0 Å². The number of hydrogen-bond acceptors (Lipinski definition) is 2. The van der Waals surface area contributed by atoms with Crippen LogP contribution in [0, 0.1) is 0 Å². The molecule has 0 amide bonds. The van der Waals surface area contributed by atoms with Crippen molar-refractivity contribution in [2.45, 2.75) is 38.8 Å². The first-order valence-electron chi connectivity index (χ1n) is 6.44. The summed E-state index contributed by atoms with van der Waals surface area (Å²) in [5.74, 6) is 0. The number of benzene rings is 1. The summed E-state index contributed by atoms with van der Waals surface area (Å²) in [7, 11) is 0. The van der Waals surface area contributed by atoms with Crippen LogP contribution in [0.5, 0.6) is 0 Å². The maximum atomic E-state index is 6.13. The lowest BCUT2D eigenvalue weighted by atomic mass is 10.0. The van der Waals surface area contributed by atoms with Crippen molar-refractivity contribution >= 4 is 11.6 Å². The van der Waals surface area contributed by atoms with Gasteiger partial charge >= 0.3 is 0 Å². The summed E-state index contributed by atoms with van der Waals surface area (Å²) in [5.41, 5.74) is 8.52. The van der Waals surface area contributed by atoms with Crippen molar-refractivity contribution in [2.75, 3.05) is 13.1 Å². The summed E-state index contributed by atoms with van der Waals surface area (Å²) in [4.78, 5) is 2.48. The standard InChI is InChI=1S/C14H21ClN2/c1-2-12-9-11(3-4-14(12)15)10-17-7-5-13(16)6-8-17/h3-4,9,13H,2,5-8,10,16H2,1H3. The molecule has 0 atom stereocenters. The number of aryl methyl sites for hydroxylation is 1. The van der Waals surface area contributed by atoms with Gasteiger partial charge in [0, 0.05) is 17.6 Å². The summed E-state index contributed by atoms with van der Waals surface area (Å²) in [6.45, 7) is 5.40. The number of piperidine rings is 1. The van der Waals surface area contributed by atoms with E-state index in [9.17, 15) is 0 Å². The molecular weight excluding hydrogens is 232 g/mol. The maximum absolute atomic E-state index is 6.13. The summed E-state index contributed by atoms with van der Waals surface area (Å²) < 4.78 is 0. The molecule has 1 aliphatic heterocycles. The van der Waals surface area contributed by atoms with Gasteiger partial charge in [0.25, 0.3) is 0 Å². The van der Waals surface area contributed by atoms with Crippen molar-refractivity contribution in [3.05, 3.63) is 34.3 Å². The molecule has 0 spiro atoms. The van der Waals surface area contributed by atoms with Gasteiger partial charge in [-0.3, -0.25) is 4.90 Å². The van der Waals surface area contributed by atoms with Crippen molar-refractivity contribution in [1.82, 2.24) is 4.90 Å². The van der Waals surface area contributed by atoms with Crippen LogP contribution in [0.2, 0.25) is 5.02 Å². The zero-order valence-corrected chi connectivity index (χ0v) is 11.2. The van der Waals surface area contributed by atoms with Gasteiger partial charge in [-0.2, -0.15) is 0 Å².